The predicted molar refractivity (Wildman–Crippen MR) is 109 cm³/mol. The number of piperidine rings is 1. The number of para-hydroxylation sites is 1. The minimum Gasteiger partial charge on any atom is -0.493 e. The summed E-state index contributed by atoms with van der Waals surface area (Å²) in [6, 6.07) is 13.2. The first-order chi connectivity index (χ1) is 13.2. The average molecular weight is 386 g/mol. The highest BCUT2D eigenvalue weighted by atomic mass is 35.5. The molecule has 6 heteroatoms. The van der Waals surface area contributed by atoms with Crippen LogP contribution in [0.4, 0.5) is 16.2 Å². The minimum absolute atomic E-state index is 0.0574. The summed E-state index contributed by atoms with van der Waals surface area (Å²) in [5.74, 6) is 0.836. The topological polar surface area (TPSA) is 53.6 Å². The Kier molecular flexibility index (Phi) is 5.39. The van der Waals surface area contributed by atoms with Crippen LogP contribution in [0.1, 0.15) is 37.3 Å². The quantitative estimate of drug-likeness (QED) is 0.783. The standard InChI is InChI=1S/C21H24ClN3O2/c22-17-14-15(8-9-19(17)25-11-4-1-5-12-25)23-21(26)24-18-10-13-27-20-7-3-2-6-16(18)20/h2-3,6-9,14,18H,1,4-5,10-13H2,(H2,23,24,26)/t18-/m0/s1. The number of nitrogens with one attached hydrogen (secondary N) is 2. The summed E-state index contributed by atoms with van der Waals surface area (Å²) in [7, 11) is 0. The Morgan fingerprint density at radius 2 is 1.93 bits per heavy atom. The van der Waals surface area contributed by atoms with Crippen molar-refractivity contribution in [3.8, 4) is 5.75 Å². The van der Waals surface area contributed by atoms with Gasteiger partial charge in [-0.15, -0.1) is 0 Å². The number of fused-ring (bicyclic) bond motifs is 1. The van der Waals surface area contributed by atoms with Gasteiger partial charge in [-0.2, -0.15) is 0 Å². The molecular weight excluding hydrogens is 362 g/mol. The lowest BCUT2D eigenvalue weighted by Crippen LogP contribution is -2.35. The number of hydrogen-bond donors (Lipinski definition) is 2. The normalized spacial score (nSPS) is 19.0. The summed E-state index contributed by atoms with van der Waals surface area (Å²) in [6.07, 6.45) is 4.43. The fourth-order valence-corrected chi connectivity index (χ4v) is 4.09. The molecule has 0 bridgehead atoms. The number of benzene rings is 2. The van der Waals surface area contributed by atoms with Gasteiger partial charge in [0.15, 0.2) is 0 Å². The van der Waals surface area contributed by atoms with E-state index in [0.29, 0.717) is 17.3 Å². The smallest absolute Gasteiger partial charge is 0.319 e. The number of hydrogen-bond acceptors (Lipinski definition) is 3. The Morgan fingerprint density at radius 1 is 1.11 bits per heavy atom. The molecule has 0 spiro atoms. The zero-order valence-electron chi connectivity index (χ0n) is 15.2. The lowest BCUT2D eigenvalue weighted by Gasteiger charge is -2.29. The zero-order valence-corrected chi connectivity index (χ0v) is 16.0. The lowest BCUT2D eigenvalue weighted by molar-refractivity contribution is 0.232. The lowest BCUT2D eigenvalue weighted by atomic mass is 10.0. The number of carbonyl (C=O) groups is 1. The molecule has 1 atom stereocenters. The molecule has 1 saturated heterocycles. The summed E-state index contributed by atoms with van der Waals surface area (Å²) in [6.45, 7) is 2.67. The first-order valence-electron chi connectivity index (χ1n) is 9.54. The van der Waals surface area contributed by atoms with E-state index >= 15 is 0 Å². The molecule has 0 aromatic heterocycles. The van der Waals surface area contributed by atoms with Gasteiger partial charge in [-0.3, -0.25) is 0 Å². The van der Waals surface area contributed by atoms with E-state index in [9.17, 15) is 4.79 Å². The summed E-state index contributed by atoms with van der Waals surface area (Å²) in [4.78, 5) is 14.8. The van der Waals surface area contributed by atoms with E-state index < -0.39 is 0 Å². The van der Waals surface area contributed by atoms with Crippen LogP contribution in [-0.2, 0) is 0 Å². The summed E-state index contributed by atoms with van der Waals surface area (Å²) in [5.41, 5.74) is 2.75. The predicted octanol–water partition coefficient (Wildman–Crippen LogP) is 4.98. The van der Waals surface area contributed by atoms with Gasteiger partial charge in [-0.05, 0) is 43.5 Å². The van der Waals surface area contributed by atoms with Crippen molar-refractivity contribution >= 4 is 29.0 Å². The number of ether oxygens (including phenoxy) is 1. The van der Waals surface area contributed by atoms with Crippen LogP contribution in [0.5, 0.6) is 5.75 Å². The monoisotopic (exact) mass is 385 g/mol. The molecule has 27 heavy (non-hydrogen) atoms. The number of halogens is 1. The SMILES string of the molecule is O=C(Nc1ccc(N2CCCCC2)c(Cl)c1)N[C@H]1CCOc2ccccc21. The van der Waals surface area contributed by atoms with Crippen LogP contribution in [0.2, 0.25) is 5.02 Å². The Balaban J connectivity index is 1.41. The van der Waals surface area contributed by atoms with Gasteiger partial charge in [0.05, 0.1) is 23.4 Å². The Morgan fingerprint density at radius 3 is 2.74 bits per heavy atom. The van der Waals surface area contributed by atoms with E-state index in [0.717, 1.165) is 36.5 Å². The number of anilines is 2. The third-order valence-corrected chi connectivity index (χ3v) is 5.47. The van der Waals surface area contributed by atoms with Crippen molar-refractivity contribution in [1.29, 1.82) is 0 Å². The van der Waals surface area contributed by atoms with Crippen LogP contribution in [0, 0.1) is 0 Å². The van der Waals surface area contributed by atoms with Gasteiger partial charge >= 0.3 is 6.03 Å². The van der Waals surface area contributed by atoms with E-state index in [1.807, 2.05) is 42.5 Å². The van der Waals surface area contributed by atoms with E-state index in [2.05, 4.69) is 15.5 Å². The molecule has 0 unspecified atom stereocenters. The minimum atomic E-state index is -0.238. The fraction of sp³-hybridized carbons (Fsp3) is 0.381. The molecule has 2 aromatic rings. The molecule has 2 aliphatic rings. The van der Waals surface area contributed by atoms with Crippen molar-refractivity contribution in [3.05, 3.63) is 53.1 Å². The van der Waals surface area contributed by atoms with E-state index in [-0.39, 0.29) is 12.1 Å². The van der Waals surface area contributed by atoms with E-state index in [4.69, 9.17) is 16.3 Å². The molecule has 1 fully saturated rings. The highest BCUT2D eigenvalue weighted by Crippen LogP contribution is 2.32. The maximum Gasteiger partial charge on any atom is 0.319 e. The number of rotatable bonds is 3. The summed E-state index contributed by atoms with van der Waals surface area (Å²) in [5, 5.41) is 6.61. The van der Waals surface area contributed by atoms with Gasteiger partial charge in [0, 0.05) is 30.8 Å². The Labute approximate surface area is 164 Å². The van der Waals surface area contributed by atoms with Crippen LogP contribution in [0.15, 0.2) is 42.5 Å². The van der Waals surface area contributed by atoms with Crippen LogP contribution >= 0.6 is 11.6 Å². The highest BCUT2D eigenvalue weighted by Gasteiger charge is 2.22. The Hall–Kier alpha value is -2.40. The van der Waals surface area contributed by atoms with Gasteiger partial charge in [-0.25, -0.2) is 4.79 Å². The van der Waals surface area contributed by atoms with Crippen LogP contribution < -0.4 is 20.3 Å². The second-order valence-corrected chi connectivity index (χ2v) is 7.45. The molecule has 2 N–H and O–H groups in total. The molecule has 2 aromatic carbocycles. The third-order valence-electron chi connectivity index (χ3n) is 5.17. The van der Waals surface area contributed by atoms with Crippen molar-refractivity contribution < 1.29 is 9.53 Å². The molecule has 142 valence electrons. The number of carbonyl (C=O) groups excluding carboxylic acids is 1. The molecular formula is C21H24ClN3O2. The van der Waals surface area contributed by atoms with Crippen molar-refractivity contribution in [2.24, 2.45) is 0 Å². The van der Waals surface area contributed by atoms with Crippen molar-refractivity contribution in [3.63, 3.8) is 0 Å². The maximum atomic E-state index is 12.5. The van der Waals surface area contributed by atoms with Gasteiger partial charge < -0.3 is 20.3 Å². The average Bonchev–Trinajstić information content (AvgIpc) is 2.69. The third kappa shape index (κ3) is 4.14. The van der Waals surface area contributed by atoms with E-state index in [1.54, 1.807) is 0 Å². The van der Waals surface area contributed by atoms with Gasteiger partial charge in [0.25, 0.3) is 0 Å². The van der Waals surface area contributed by atoms with Crippen molar-refractivity contribution in [2.75, 3.05) is 29.9 Å². The Bertz CT molecular complexity index is 821. The number of amides is 2. The molecule has 2 aliphatic heterocycles. The van der Waals surface area contributed by atoms with Crippen molar-refractivity contribution in [2.45, 2.75) is 31.7 Å². The second kappa shape index (κ2) is 8.09. The maximum absolute atomic E-state index is 12.5. The fourth-order valence-electron chi connectivity index (χ4n) is 3.79. The largest absolute Gasteiger partial charge is 0.493 e. The second-order valence-electron chi connectivity index (χ2n) is 7.04. The van der Waals surface area contributed by atoms with Gasteiger partial charge in [0.1, 0.15) is 5.75 Å². The van der Waals surface area contributed by atoms with Crippen LogP contribution in [-0.4, -0.2) is 25.7 Å². The van der Waals surface area contributed by atoms with E-state index in [1.165, 1.54) is 19.3 Å². The van der Waals surface area contributed by atoms with Gasteiger partial charge in [-0.1, -0.05) is 29.8 Å². The molecule has 2 amide bonds. The summed E-state index contributed by atoms with van der Waals surface area (Å²) < 4.78 is 5.65. The first kappa shape index (κ1) is 18.0. The molecule has 5 nitrogen and oxygen atoms in total. The number of urea groups is 1. The zero-order chi connectivity index (χ0) is 18.6. The molecule has 0 aliphatic carbocycles. The molecule has 4 rings (SSSR count). The summed E-state index contributed by atoms with van der Waals surface area (Å²) >= 11 is 6.48. The van der Waals surface area contributed by atoms with Crippen LogP contribution in [0.3, 0.4) is 0 Å². The van der Waals surface area contributed by atoms with Crippen molar-refractivity contribution in [1.82, 2.24) is 5.32 Å². The van der Waals surface area contributed by atoms with Gasteiger partial charge in [0.2, 0.25) is 0 Å². The first-order valence-corrected chi connectivity index (χ1v) is 9.92. The molecule has 0 saturated carbocycles. The highest BCUT2D eigenvalue weighted by molar-refractivity contribution is 6.33. The van der Waals surface area contributed by atoms with Crippen LogP contribution in [0.25, 0.3) is 0 Å². The molecule has 2 heterocycles. The number of nitrogens with zero attached hydrogens (tertiary/aromatic N) is 1. The molecule has 0 radical (unpaired) electrons.